The summed E-state index contributed by atoms with van der Waals surface area (Å²) in [5.74, 6) is 0.444. The van der Waals surface area contributed by atoms with E-state index in [4.69, 9.17) is 22.4 Å². The zero-order valence-corrected chi connectivity index (χ0v) is 12.0. The highest BCUT2D eigenvalue weighted by atomic mass is 35.5. The lowest BCUT2D eigenvalue weighted by molar-refractivity contribution is 0.268. The molecule has 0 spiro atoms. The van der Waals surface area contributed by atoms with Crippen molar-refractivity contribution in [2.75, 3.05) is 18.1 Å². The van der Waals surface area contributed by atoms with E-state index >= 15 is 0 Å². The maximum Gasteiger partial charge on any atom is 0.196 e. The van der Waals surface area contributed by atoms with Crippen LogP contribution in [0.5, 0.6) is 0 Å². The van der Waals surface area contributed by atoms with Crippen molar-refractivity contribution in [2.24, 2.45) is 10.7 Å². The molecule has 1 aromatic heterocycles. The van der Waals surface area contributed by atoms with E-state index < -0.39 is 0 Å². The number of anilines is 1. The number of guanidine groups is 1. The third kappa shape index (κ3) is 2.70. The van der Waals surface area contributed by atoms with Crippen LogP contribution in [-0.2, 0) is 6.54 Å². The minimum absolute atomic E-state index is 0.0208. The van der Waals surface area contributed by atoms with Crippen molar-refractivity contribution >= 4 is 23.2 Å². The molecule has 1 atom stereocenters. The Kier molecular flexibility index (Phi) is 3.76. The lowest BCUT2D eigenvalue weighted by Crippen LogP contribution is -2.36. The molecule has 21 heavy (non-hydrogen) atoms. The second-order valence-electron chi connectivity index (χ2n) is 4.69. The first-order chi connectivity index (χ1) is 10.2. The Morgan fingerprint density at radius 3 is 2.81 bits per heavy atom. The number of hydrogen-bond acceptors (Lipinski definition) is 6. The topological polar surface area (TPSA) is 92.6 Å². The van der Waals surface area contributed by atoms with Gasteiger partial charge in [0.1, 0.15) is 11.7 Å². The van der Waals surface area contributed by atoms with E-state index in [1.807, 2.05) is 29.2 Å². The van der Waals surface area contributed by atoms with E-state index in [0.717, 1.165) is 11.4 Å². The normalized spacial score (nSPS) is 18.1. The number of rotatable bonds is 4. The summed E-state index contributed by atoms with van der Waals surface area (Å²) in [6, 6.07) is 7.30. The van der Waals surface area contributed by atoms with Gasteiger partial charge in [0.05, 0.1) is 25.9 Å². The van der Waals surface area contributed by atoms with Crippen LogP contribution in [0.3, 0.4) is 0 Å². The minimum Gasteiger partial charge on any atom is -0.394 e. The summed E-state index contributed by atoms with van der Waals surface area (Å²) >= 11 is 5.92. The molecule has 110 valence electrons. The number of hydrogen-bond donors (Lipinski definition) is 2. The van der Waals surface area contributed by atoms with E-state index in [0.29, 0.717) is 24.1 Å². The number of halogens is 1. The van der Waals surface area contributed by atoms with Crippen molar-refractivity contribution in [1.29, 1.82) is 0 Å². The van der Waals surface area contributed by atoms with Gasteiger partial charge in [-0.15, -0.1) is 5.10 Å². The van der Waals surface area contributed by atoms with Crippen molar-refractivity contribution in [3.63, 3.8) is 0 Å². The molecule has 3 N–H and O–H groups in total. The maximum absolute atomic E-state index is 8.94. The van der Waals surface area contributed by atoms with Crippen molar-refractivity contribution in [3.8, 4) is 0 Å². The van der Waals surface area contributed by atoms with Crippen LogP contribution in [0.2, 0.25) is 5.02 Å². The van der Waals surface area contributed by atoms with Crippen molar-refractivity contribution in [1.82, 2.24) is 15.0 Å². The van der Waals surface area contributed by atoms with Gasteiger partial charge in [0, 0.05) is 10.7 Å². The molecule has 8 heteroatoms. The van der Waals surface area contributed by atoms with E-state index in [9.17, 15) is 0 Å². The van der Waals surface area contributed by atoms with Gasteiger partial charge in [0.15, 0.2) is 5.96 Å². The number of aliphatic hydroxyl groups excluding tert-OH is 1. The largest absolute Gasteiger partial charge is 0.394 e. The van der Waals surface area contributed by atoms with Gasteiger partial charge < -0.3 is 15.7 Å². The molecule has 1 aromatic carbocycles. The van der Waals surface area contributed by atoms with Crippen molar-refractivity contribution < 1.29 is 5.11 Å². The average Bonchev–Trinajstić information content (AvgIpc) is 3.07. The Balaban J connectivity index is 1.89. The van der Waals surface area contributed by atoms with Crippen LogP contribution < -0.4 is 10.6 Å². The summed E-state index contributed by atoms with van der Waals surface area (Å²) in [4.78, 5) is 6.20. The third-order valence-corrected chi connectivity index (χ3v) is 3.57. The van der Waals surface area contributed by atoms with Crippen LogP contribution in [0.15, 0.2) is 35.5 Å². The summed E-state index contributed by atoms with van der Waals surface area (Å²) in [6.07, 6.45) is 1.80. The number of aliphatic imine (C=N–C) groups is 1. The molecule has 0 aliphatic carbocycles. The first kappa shape index (κ1) is 13.8. The Morgan fingerprint density at radius 1 is 1.33 bits per heavy atom. The lowest BCUT2D eigenvalue weighted by atomic mass is 10.2. The van der Waals surface area contributed by atoms with Crippen molar-refractivity contribution in [3.05, 3.63) is 41.2 Å². The molecule has 0 radical (unpaired) electrons. The fourth-order valence-corrected chi connectivity index (χ4v) is 2.44. The molecule has 0 fully saturated rings. The van der Waals surface area contributed by atoms with Gasteiger partial charge in [-0.1, -0.05) is 16.8 Å². The molecule has 2 heterocycles. The summed E-state index contributed by atoms with van der Waals surface area (Å²) < 4.78 is 1.60. The molecule has 0 amide bonds. The Bertz CT molecular complexity index is 653. The van der Waals surface area contributed by atoms with E-state index in [-0.39, 0.29) is 12.6 Å². The summed E-state index contributed by atoms with van der Waals surface area (Å²) in [6.45, 7) is 0.955. The molecule has 0 saturated heterocycles. The van der Waals surface area contributed by atoms with Crippen LogP contribution in [0.1, 0.15) is 11.7 Å². The number of nitrogens with two attached hydrogens (primary N) is 1. The quantitative estimate of drug-likeness (QED) is 0.871. The van der Waals surface area contributed by atoms with Crippen LogP contribution in [0.4, 0.5) is 5.69 Å². The standard InChI is InChI=1S/C13H15ClN6O/c14-9-1-3-10(4-2-9)20-12(7-16-13(20)15)11-8-19(5-6-21)18-17-11/h1-4,8,12,21H,5-7H2,(H2,15,16). The molecular formula is C13H15ClN6O. The highest BCUT2D eigenvalue weighted by Crippen LogP contribution is 2.30. The highest BCUT2D eigenvalue weighted by molar-refractivity contribution is 6.30. The fourth-order valence-electron chi connectivity index (χ4n) is 2.32. The third-order valence-electron chi connectivity index (χ3n) is 3.32. The smallest absolute Gasteiger partial charge is 0.196 e. The molecule has 0 bridgehead atoms. The number of aliphatic hydroxyl groups is 1. The molecule has 7 nitrogen and oxygen atoms in total. The van der Waals surface area contributed by atoms with Gasteiger partial charge in [0.25, 0.3) is 0 Å². The van der Waals surface area contributed by atoms with Crippen molar-refractivity contribution in [2.45, 2.75) is 12.6 Å². The van der Waals surface area contributed by atoms with E-state index in [1.165, 1.54) is 0 Å². The van der Waals surface area contributed by atoms with E-state index in [1.54, 1.807) is 10.9 Å². The predicted octanol–water partition coefficient (Wildman–Crippen LogP) is 0.800. The van der Waals surface area contributed by atoms with Crippen LogP contribution in [-0.4, -0.2) is 39.2 Å². The molecule has 2 aromatic rings. The fraction of sp³-hybridized carbons (Fsp3) is 0.308. The number of aromatic nitrogens is 3. The highest BCUT2D eigenvalue weighted by Gasteiger charge is 2.31. The predicted molar refractivity (Wildman–Crippen MR) is 80.3 cm³/mol. The van der Waals surface area contributed by atoms with Crippen LogP contribution in [0, 0.1) is 0 Å². The SMILES string of the molecule is NC1=NCC(c2cn(CCO)nn2)N1c1ccc(Cl)cc1. The minimum atomic E-state index is -0.0985. The zero-order valence-electron chi connectivity index (χ0n) is 11.2. The van der Waals surface area contributed by atoms with Crippen LogP contribution >= 0.6 is 11.6 Å². The monoisotopic (exact) mass is 306 g/mol. The Hall–Kier alpha value is -2.12. The molecule has 1 unspecified atom stereocenters. The van der Waals surface area contributed by atoms with Gasteiger partial charge in [-0.25, -0.2) is 4.68 Å². The number of benzene rings is 1. The Morgan fingerprint density at radius 2 is 2.10 bits per heavy atom. The molecule has 1 aliphatic heterocycles. The Labute approximate surface area is 126 Å². The second kappa shape index (κ2) is 5.71. The van der Waals surface area contributed by atoms with Gasteiger partial charge in [0.2, 0.25) is 0 Å². The molecular weight excluding hydrogens is 292 g/mol. The number of nitrogens with zero attached hydrogens (tertiary/aromatic N) is 5. The molecule has 3 rings (SSSR count). The summed E-state index contributed by atoms with van der Waals surface area (Å²) in [7, 11) is 0. The average molecular weight is 307 g/mol. The maximum atomic E-state index is 8.94. The van der Waals surface area contributed by atoms with Gasteiger partial charge >= 0.3 is 0 Å². The second-order valence-corrected chi connectivity index (χ2v) is 5.13. The van der Waals surface area contributed by atoms with Crippen LogP contribution in [0.25, 0.3) is 0 Å². The molecule has 0 saturated carbocycles. The summed E-state index contributed by atoms with van der Waals surface area (Å²) in [5.41, 5.74) is 7.66. The first-order valence-corrected chi connectivity index (χ1v) is 6.92. The first-order valence-electron chi connectivity index (χ1n) is 6.54. The molecule has 1 aliphatic rings. The van der Waals surface area contributed by atoms with Gasteiger partial charge in [-0.2, -0.15) is 0 Å². The lowest BCUT2D eigenvalue weighted by Gasteiger charge is -2.24. The van der Waals surface area contributed by atoms with Gasteiger partial charge in [-0.05, 0) is 24.3 Å². The zero-order chi connectivity index (χ0) is 14.8. The summed E-state index contributed by atoms with van der Waals surface area (Å²) in [5, 5.41) is 17.7. The van der Waals surface area contributed by atoms with E-state index in [2.05, 4.69) is 15.3 Å². The van der Waals surface area contributed by atoms with Gasteiger partial charge in [-0.3, -0.25) is 4.99 Å².